The largest absolute Gasteiger partial charge is 0.306 e. The second kappa shape index (κ2) is 6.53. The second-order valence-electron chi connectivity index (χ2n) is 3.91. The summed E-state index contributed by atoms with van der Waals surface area (Å²) < 4.78 is 0. The first-order chi connectivity index (χ1) is 8.69. The molecule has 0 spiro atoms. The number of nitrogens with one attached hydrogen (secondary N) is 1. The lowest BCUT2D eigenvalue weighted by Crippen LogP contribution is -2.12. The monoisotopic (exact) mass is 300 g/mol. The third-order valence-electron chi connectivity index (χ3n) is 2.56. The van der Waals surface area contributed by atoms with Crippen LogP contribution in [0.25, 0.3) is 0 Å². The molecule has 0 saturated heterocycles. The number of halogens is 2. The molecule has 2 rings (SSSR count). The van der Waals surface area contributed by atoms with E-state index in [0.29, 0.717) is 10.0 Å². The molecular weight excluding hydrogens is 287 g/mol. The highest BCUT2D eigenvalue weighted by Crippen LogP contribution is 2.21. The van der Waals surface area contributed by atoms with E-state index in [9.17, 15) is 0 Å². The summed E-state index contributed by atoms with van der Waals surface area (Å²) in [5.74, 6) is 0. The molecule has 1 heterocycles. The lowest BCUT2D eigenvalue weighted by molar-refractivity contribution is 0.690. The molecule has 1 aromatic heterocycles. The summed E-state index contributed by atoms with van der Waals surface area (Å²) in [5.41, 5.74) is 1.05. The molecule has 96 valence electrons. The molecule has 2 aromatic rings. The first-order valence-electron chi connectivity index (χ1n) is 5.77. The maximum Gasteiger partial charge on any atom is 0.107 e. The van der Waals surface area contributed by atoms with E-state index in [0.717, 1.165) is 30.1 Å². The van der Waals surface area contributed by atoms with Crippen molar-refractivity contribution in [3.8, 4) is 0 Å². The van der Waals surface area contributed by atoms with Gasteiger partial charge in [0.1, 0.15) is 5.01 Å². The van der Waals surface area contributed by atoms with E-state index in [2.05, 4.69) is 17.2 Å². The standard InChI is InChI=1S/C13H14Cl2N2S/c1-2-11-7-17-13(18-11)8-16-6-9-3-4-10(14)5-12(9)15/h3-5,7,16H,2,6,8H2,1H3. The average Bonchev–Trinajstić information content (AvgIpc) is 2.80. The van der Waals surface area contributed by atoms with E-state index in [-0.39, 0.29) is 0 Å². The van der Waals surface area contributed by atoms with Gasteiger partial charge in [-0.3, -0.25) is 0 Å². The number of hydrogen-bond acceptors (Lipinski definition) is 3. The van der Waals surface area contributed by atoms with Gasteiger partial charge in [0.25, 0.3) is 0 Å². The van der Waals surface area contributed by atoms with Crippen molar-refractivity contribution in [1.29, 1.82) is 0 Å². The maximum absolute atomic E-state index is 6.10. The molecule has 0 fully saturated rings. The summed E-state index contributed by atoms with van der Waals surface area (Å²) in [5, 5.41) is 5.81. The Balaban J connectivity index is 1.88. The first kappa shape index (κ1) is 13.8. The van der Waals surface area contributed by atoms with Crippen molar-refractivity contribution in [3.05, 3.63) is 49.9 Å². The van der Waals surface area contributed by atoms with Crippen molar-refractivity contribution in [2.45, 2.75) is 26.4 Å². The highest BCUT2D eigenvalue weighted by Gasteiger charge is 2.03. The van der Waals surface area contributed by atoms with Gasteiger partial charge in [-0.15, -0.1) is 11.3 Å². The Morgan fingerprint density at radius 2 is 2.11 bits per heavy atom. The number of thiazole rings is 1. The van der Waals surface area contributed by atoms with Crippen LogP contribution in [0.2, 0.25) is 10.0 Å². The fourth-order valence-electron chi connectivity index (χ4n) is 1.56. The van der Waals surface area contributed by atoms with Crippen molar-refractivity contribution in [2.24, 2.45) is 0 Å². The first-order valence-corrected chi connectivity index (χ1v) is 7.34. The summed E-state index contributed by atoms with van der Waals surface area (Å²) in [6.07, 6.45) is 2.98. The number of benzene rings is 1. The van der Waals surface area contributed by atoms with Crippen molar-refractivity contribution in [2.75, 3.05) is 0 Å². The maximum atomic E-state index is 6.10. The predicted molar refractivity (Wildman–Crippen MR) is 78.5 cm³/mol. The molecule has 0 amide bonds. The Morgan fingerprint density at radius 1 is 1.28 bits per heavy atom. The molecule has 1 N–H and O–H groups in total. The minimum atomic E-state index is 0.663. The van der Waals surface area contributed by atoms with Gasteiger partial charge in [-0.1, -0.05) is 36.2 Å². The van der Waals surface area contributed by atoms with Crippen LogP contribution in [0.3, 0.4) is 0 Å². The van der Waals surface area contributed by atoms with Crippen LogP contribution in [0.4, 0.5) is 0 Å². The van der Waals surface area contributed by atoms with Gasteiger partial charge in [-0.25, -0.2) is 4.98 Å². The van der Waals surface area contributed by atoms with Gasteiger partial charge in [0.2, 0.25) is 0 Å². The van der Waals surface area contributed by atoms with E-state index in [4.69, 9.17) is 23.2 Å². The second-order valence-corrected chi connectivity index (χ2v) is 5.96. The number of aromatic nitrogens is 1. The van der Waals surface area contributed by atoms with Crippen LogP contribution < -0.4 is 5.32 Å². The molecule has 0 aliphatic rings. The quantitative estimate of drug-likeness (QED) is 0.890. The molecular formula is C13H14Cl2N2S. The SMILES string of the molecule is CCc1cnc(CNCc2ccc(Cl)cc2Cl)s1. The minimum absolute atomic E-state index is 0.663. The minimum Gasteiger partial charge on any atom is -0.306 e. The molecule has 0 radical (unpaired) electrons. The van der Waals surface area contributed by atoms with Crippen LogP contribution >= 0.6 is 34.5 Å². The number of rotatable bonds is 5. The summed E-state index contributed by atoms with van der Waals surface area (Å²) in [6, 6.07) is 5.55. The van der Waals surface area contributed by atoms with Gasteiger partial charge in [0, 0.05) is 34.2 Å². The molecule has 18 heavy (non-hydrogen) atoms. The van der Waals surface area contributed by atoms with Gasteiger partial charge < -0.3 is 5.32 Å². The molecule has 0 saturated carbocycles. The Hall–Kier alpha value is -0.610. The lowest BCUT2D eigenvalue weighted by Gasteiger charge is -2.05. The van der Waals surface area contributed by atoms with E-state index < -0.39 is 0 Å². The highest BCUT2D eigenvalue weighted by molar-refractivity contribution is 7.11. The zero-order valence-corrected chi connectivity index (χ0v) is 12.4. The number of nitrogens with zero attached hydrogens (tertiary/aromatic N) is 1. The summed E-state index contributed by atoms with van der Waals surface area (Å²) in [4.78, 5) is 5.67. The van der Waals surface area contributed by atoms with Crippen molar-refractivity contribution in [3.63, 3.8) is 0 Å². The van der Waals surface area contributed by atoms with Gasteiger partial charge in [0.05, 0.1) is 0 Å². The van der Waals surface area contributed by atoms with Crippen molar-refractivity contribution < 1.29 is 0 Å². The third-order valence-corrected chi connectivity index (χ3v) is 4.29. The Morgan fingerprint density at radius 3 is 2.78 bits per heavy atom. The van der Waals surface area contributed by atoms with Gasteiger partial charge in [-0.2, -0.15) is 0 Å². The van der Waals surface area contributed by atoms with Gasteiger partial charge in [0.15, 0.2) is 0 Å². The van der Waals surface area contributed by atoms with Crippen molar-refractivity contribution >= 4 is 34.5 Å². The van der Waals surface area contributed by atoms with Crippen LogP contribution in [0.1, 0.15) is 22.4 Å². The fraction of sp³-hybridized carbons (Fsp3) is 0.308. The van der Waals surface area contributed by atoms with Crippen LogP contribution in [-0.2, 0) is 19.5 Å². The average molecular weight is 301 g/mol. The fourth-order valence-corrected chi connectivity index (χ4v) is 2.87. The smallest absolute Gasteiger partial charge is 0.107 e. The Kier molecular flexibility index (Phi) is 5.01. The molecule has 5 heteroatoms. The number of aryl methyl sites for hydroxylation is 1. The number of hydrogen-bond donors (Lipinski definition) is 1. The zero-order valence-electron chi connectivity index (χ0n) is 10.0. The van der Waals surface area contributed by atoms with E-state index in [1.807, 2.05) is 18.3 Å². The molecule has 0 bridgehead atoms. The topological polar surface area (TPSA) is 24.9 Å². The Labute approximate surface area is 121 Å². The van der Waals surface area contributed by atoms with E-state index in [1.54, 1.807) is 17.4 Å². The molecule has 2 nitrogen and oxygen atoms in total. The van der Waals surface area contributed by atoms with Crippen LogP contribution in [0, 0.1) is 0 Å². The van der Waals surface area contributed by atoms with Gasteiger partial charge in [-0.05, 0) is 24.1 Å². The van der Waals surface area contributed by atoms with Crippen molar-refractivity contribution in [1.82, 2.24) is 10.3 Å². The highest BCUT2D eigenvalue weighted by atomic mass is 35.5. The summed E-state index contributed by atoms with van der Waals surface area (Å²) >= 11 is 13.7. The third kappa shape index (κ3) is 3.69. The predicted octanol–water partition coefficient (Wildman–Crippen LogP) is 4.30. The summed E-state index contributed by atoms with van der Waals surface area (Å²) in [6.45, 7) is 3.62. The molecule has 0 unspecified atom stereocenters. The van der Waals surface area contributed by atoms with E-state index >= 15 is 0 Å². The molecule has 0 aliphatic carbocycles. The van der Waals surface area contributed by atoms with Crippen LogP contribution in [0.15, 0.2) is 24.4 Å². The zero-order chi connectivity index (χ0) is 13.0. The van der Waals surface area contributed by atoms with Gasteiger partial charge >= 0.3 is 0 Å². The van der Waals surface area contributed by atoms with Crippen LogP contribution in [0.5, 0.6) is 0 Å². The lowest BCUT2D eigenvalue weighted by atomic mass is 10.2. The normalized spacial score (nSPS) is 10.8. The Bertz CT molecular complexity index is 525. The summed E-state index contributed by atoms with van der Waals surface area (Å²) in [7, 11) is 0. The molecule has 0 atom stereocenters. The molecule has 0 aliphatic heterocycles. The van der Waals surface area contributed by atoms with Crippen LogP contribution in [-0.4, -0.2) is 4.98 Å². The molecule has 1 aromatic carbocycles. The van der Waals surface area contributed by atoms with E-state index in [1.165, 1.54) is 4.88 Å².